The minimum absolute atomic E-state index is 0.0621. The maximum Gasteiger partial charge on any atom is 0.160 e. The number of rotatable bonds is 4. The van der Waals surface area contributed by atoms with Gasteiger partial charge in [0.05, 0.1) is 13.2 Å². The average Bonchev–Trinajstić information content (AvgIpc) is 3.26. The van der Waals surface area contributed by atoms with Gasteiger partial charge in [-0.3, -0.25) is 4.79 Å². The largest absolute Gasteiger partial charge is 0.396 e. The lowest BCUT2D eigenvalue weighted by Crippen LogP contribution is -2.30. The lowest BCUT2D eigenvalue weighted by Gasteiger charge is -2.23. The number of fused-ring (bicyclic) bond motifs is 2. The Morgan fingerprint density at radius 2 is 1.84 bits per heavy atom. The van der Waals surface area contributed by atoms with Gasteiger partial charge in [-0.25, -0.2) is 0 Å². The molecule has 1 saturated heterocycles. The van der Waals surface area contributed by atoms with Crippen molar-refractivity contribution in [1.29, 1.82) is 0 Å². The lowest BCUT2D eigenvalue weighted by atomic mass is 9.86. The zero-order valence-electron chi connectivity index (χ0n) is 14.7. The van der Waals surface area contributed by atoms with Crippen molar-refractivity contribution in [2.45, 2.75) is 32.6 Å². The summed E-state index contributed by atoms with van der Waals surface area (Å²) in [4.78, 5) is 14.9. The summed E-state index contributed by atoms with van der Waals surface area (Å²) in [6.07, 6.45) is 3.60. The molecule has 1 aliphatic carbocycles. The van der Waals surface area contributed by atoms with Crippen LogP contribution in [0.3, 0.4) is 0 Å². The van der Waals surface area contributed by atoms with Gasteiger partial charge in [-0.15, -0.1) is 0 Å². The zero-order valence-corrected chi connectivity index (χ0v) is 14.7. The van der Waals surface area contributed by atoms with Crippen molar-refractivity contribution in [3.63, 3.8) is 0 Å². The highest BCUT2D eigenvalue weighted by atomic mass is 16.3. The number of aliphatic hydroxyl groups is 2. The van der Waals surface area contributed by atoms with Gasteiger partial charge in [0.15, 0.2) is 5.78 Å². The molecule has 4 nitrogen and oxygen atoms in total. The maximum atomic E-state index is 12.5. The third kappa shape index (κ3) is 2.55. The summed E-state index contributed by atoms with van der Waals surface area (Å²) >= 11 is 0. The fourth-order valence-electron chi connectivity index (χ4n) is 4.62. The van der Waals surface area contributed by atoms with Crippen LogP contribution in [0.1, 0.15) is 41.3 Å². The average molecular weight is 339 g/mol. The molecule has 0 radical (unpaired) electrons. The Morgan fingerprint density at radius 3 is 2.48 bits per heavy atom. The summed E-state index contributed by atoms with van der Waals surface area (Å²) in [5.74, 6) is 0.0621. The van der Waals surface area contributed by atoms with Crippen LogP contribution >= 0.6 is 0 Å². The Balaban J connectivity index is 1.96. The molecule has 0 saturated carbocycles. The van der Waals surface area contributed by atoms with Crippen LogP contribution in [0.15, 0.2) is 24.3 Å². The van der Waals surface area contributed by atoms with Crippen molar-refractivity contribution in [2.75, 3.05) is 31.2 Å². The summed E-state index contributed by atoms with van der Waals surface area (Å²) in [5.41, 5.74) is 3.55. The molecule has 132 valence electrons. The van der Waals surface area contributed by atoms with Gasteiger partial charge in [0.1, 0.15) is 0 Å². The van der Waals surface area contributed by atoms with E-state index in [0.29, 0.717) is 12.8 Å². The molecule has 25 heavy (non-hydrogen) atoms. The van der Waals surface area contributed by atoms with Gasteiger partial charge in [-0.2, -0.15) is 0 Å². The Kier molecular flexibility index (Phi) is 4.05. The number of hydrogen-bond donors (Lipinski definition) is 2. The van der Waals surface area contributed by atoms with E-state index in [0.717, 1.165) is 40.6 Å². The minimum Gasteiger partial charge on any atom is -0.396 e. The molecule has 2 aromatic carbocycles. The Hall–Kier alpha value is -1.91. The molecule has 1 heterocycles. The molecule has 0 atom stereocenters. The summed E-state index contributed by atoms with van der Waals surface area (Å²) < 4.78 is 0. The molecule has 0 spiro atoms. The van der Waals surface area contributed by atoms with Gasteiger partial charge in [0.2, 0.25) is 0 Å². The van der Waals surface area contributed by atoms with E-state index >= 15 is 0 Å². The fraction of sp³-hybridized carbons (Fsp3) is 0.476. The van der Waals surface area contributed by atoms with Crippen molar-refractivity contribution in [1.82, 2.24) is 0 Å². The van der Waals surface area contributed by atoms with Gasteiger partial charge in [-0.1, -0.05) is 12.1 Å². The van der Waals surface area contributed by atoms with E-state index in [-0.39, 0.29) is 19.0 Å². The highest BCUT2D eigenvalue weighted by molar-refractivity contribution is 6.12. The molecule has 2 aliphatic rings. The first-order chi connectivity index (χ1) is 12.1. The number of hydrogen-bond acceptors (Lipinski definition) is 4. The van der Waals surface area contributed by atoms with Crippen molar-refractivity contribution in [2.24, 2.45) is 5.41 Å². The number of nitrogens with zero attached hydrogens (tertiary/aromatic N) is 1. The van der Waals surface area contributed by atoms with Crippen molar-refractivity contribution in [3.05, 3.63) is 41.0 Å². The topological polar surface area (TPSA) is 60.8 Å². The predicted octanol–water partition coefficient (Wildman–Crippen LogP) is 2.71. The number of ketones is 1. The number of carbonyl (C=O) groups excluding carboxylic acids is 1. The first kappa shape index (κ1) is 16.6. The Labute approximate surface area is 148 Å². The molecule has 1 aliphatic heterocycles. The molecular weight excluding hydrogens is 314 g/mol. The summed E-state index contributed by atoms with van der Waals surface area (Å²) in [5, 5.41) is 21.8. The summed E-state index contributed by atoms with van der Waals surface area (Å²) in [6.45, 7) is 3.61. The number of aliphatic hydroxyl groups excluding tert-OH is 2. The normalized spacial score (nSPS) is 18.8. The molecule has 2 aromatic rings. The molecular formula is C21H25NO3. The SMILES string of the molecule is CC(=O)c1c2c(cc3c(N4CCCC4)cccc13)CC(CO)(CO)C2. The van der Waals surface area contributed by atoms with Crippen LogP contribution < -0.4 is 4.90 Å². The van der Waals surface area contributed by atoms with E-state index < -0.39 is 5.41 Å². The summed E-state index contributed by atoms with van der Waals surface area (Å²) in [6, 6.07) is 8.40. The third-order valence-electron chi connectivity index (χ3n) is 5.95. The predicted molar refractivity (Wildman–Crippen MR) is 99.4 cm³/mol. The lowest BCUT2D eigenvalue weighted by molar-refractivity contribution is 0.0632. The van der Waals surface area contributed by atoms with Crippen LogP contribution in [0.5, 0.6) is 0 Å². The highest BCUT2D eigenvalue weighted by Crippen LogP contribution is 2.43. The zero-order chi connectivity index (χ0) is 17.6. The molecule has 0 unspecified atom stereocenters. The molecule has 2 N–H and O–H groups in total. The van der Waals surface area contributed by atoms with E-state index in [2.05, 4.69) is 17.0 Å². The van der Waals surface area contributed by atoms with Crippen LogP contribution in [0.4, 0.5) is 5.69 Å². The van der Waals surface area contributed by atoms with Crippen molar-refractivity contribution >= 4 is 22.2 Å². The van der Waals surface area contributed by atoms with Gasteiger partial charge < -0.3 is 15.1 Å². The maximum absolute atomic E-state index is 12.5. The monoisotopic (exact) mass is 339 g/mol. The third-order valence-corrected chi connectivity index (χ3v) is 5.95. The molecule has 0 aromatic heterocycles. The van der Waals surface area contributed by atoms with Crippen LogP contribution in [0.25, 0.3) is 10.8 Å². The molecule has 0 bridgehead atoms. The minimum atomic E-state index is -0.544. The van der Waals surface area contributed by atoms with Crippen LogP contribution in [-0.4, -0.2) is 42.3 Å². The Bertz CT molecular complexity index is 833. The fourth-order valence-corrected chi connectivity index (χ4v) is 4.62. The van der Waals surface area contributed by atoms with Gasteiger partial charge in [-0.05, 0) is 61.3 Å². The van der Waals surface area contributed by atoms with Crippen LogP contribution in [0.2, 0.25) is 0 Å². The van der Waals surface area contributed by atoms with Crippen molar-refractivity contribution < 1.29 is 15.0 Å². The first-order valence-electron chi connectivity index (χ1n) is 9.14. The van der Waals surface area contributed by atoms with E-state index in [1.807, 2.05) is 12.1 Å². The number of carbonyl (C=O) groups is 1. The Morgan fingerprint density at radius 1 is 1.12 bits per heavy atom. The molecule has 4 rings (SSSR count). The van der Waals surface area contributed by atoms with E-state index in [1.165, 1.54) is 18.5 Å². The highest BCUT2D eigenvalue weighted by Gasteiger charge is 2.39. The first-order valence-corrected chi connectivity index (χ1v) is 9.14. The van der Waals surface area contributed by atoms with E-state index in [9.17, 15) is 15.0 Å². The van der Waals surface area contributed by atoms with Gasteiger partial charge in [0, 0.05) is 35.1 Å². The number of benzene rings is 2. The second-order valence-corrected chi connectivity index (χ2v) is 7.68. The smallest absolute Gasteiger partial charge is 0.160 e. The second-order valence-electron chi connectivity index (χ2n) is 7.68. The van der Waals surface area contributed by atoms with Crippen molar-refractivity contribution in [3.8, 4) is 0 Å². The number of anilines is 1. The van der Waals surface area contributed by atoms with Gasteiger partial charge >= 0.3 is 0 Å². The standard InChI is InChI=1S/C21H25NO3/c1-14(25)20-16-5-4-6-19(22-7-2-3-8-22)17(16)9-15-10-21(12-23,13-24)11-18(15)20/h4-6,9,23-24H,2-3,7-8,10-13H2,1H3. The summed E-state index contributed by atoms with van der Waals surface area (Å²) in [7, 11) is 0. The second kappa shape index (κ2) is 6.11. The molecule has 1 fully saturated rings. The van der Waals surface area contributed by atoms with E-state index in [4.69, 9.17) is 0 Å². The molecule has 4 heteroatoms. The van der Waals surface area contributed by atoms with Crippen LogP contribution in [0, 0.1) is 5.41 Å². The number of Topliss-reactive ketones (excluding diaryl/α,β-unsaturated/α-hetero) is 1. The molecule has 0 amide bonds. The quantitative estimate of drug-likeness (QED) is 0.841. The van der Waals surface area contributed by atoms with Crippen LogP contribution in [-0.2, 0) is 12.8 Å². The van der Waals surface area contributed by atoms with E-state index in [1.54, 1.807) is 6.92 Å². The van der Waals surface area contributed by atoms with Gasteiger partial charge in [0.25, 0.3) is 0 Å².